The number of nitrogens with one attached hydrogen (secondary N) is 1. The summed E-state index contributed by atoms with van der Waals surface area (Å²) in [5, 5.41) is 2.68. The van der Waals surface area contributed by atoms with Gasteiger partial charge in [-0.25, -0.2) is 0 Å². The molecule has 5 heteroatoms. The van der Waals surface area contributed by atoms with Crippen molar-refractivity contribution in [2.45, 2.75) is 0 Å². The van der Waals surface area contributed by atoms with Gasteiger partial charge in [-0.2, -0.15) is 0 Å². The van der Waals surface area contributed by atoms with Gasteiger partial charge in [0.1, 0.15) is 5.75 Å². The molecule has 15 heavy (non-hydrogen) atoms. The highest BCUT2D eigenvalue weighted by atomic mass is 79.9. The van der Waals surface area contributed by atoms with Crippen LogP contribution in [0.5, 0.6) is 5.75 Å². The van der Waals surface area contributed by atoms with E-state index in [4.69, 9.17) is 4.74 Å². The van der Waals surface area contributed by atoms with Crippen LogP contribution in [0.1, 0.15) is 10.4 Å². The Bertz CT molecular complexity index is 379. The highest BCUT2D eigenvalue weighted by molar-refractivity contribution is 9.11. The van der Waals surface area contributed by atoms with E-state index in [9.17, 15) is 4.79 Å². The van der Waals surface area contributed by atoms with E-state index in [2.05, 4.69) is 32.8 Å². The maximum absolute atomic E-state index is 11.6. The number of rotatable bonds is 4. The zero-order chi connectivity index (χ0) is 11.3. The molecule has 0 aromatic carbocycles. The van der Waals surface area contributed by atoms with Crippen LogP contribution >= 0.6 is 15.9 Å². The first-order valence-corrected chi connectivity index (χ1v) is 5.04. The van der Waals surface area contributed by atoms with Gasteiger partial charge in [0.25, 0.3) is 5.91 Å². The third kappa shape index (κ3) is 3.36. The summed E-state index contributed by atoms with van der Waals surface area (Å²) in [6.07, 6.45) is 3.04. The number of ether oxygens (including phenoxy) is 1. The lowest BCUT2D eigenvalue weighted by Crippen LogP contribution is -2.24. The van der Waals surface area contributed by atoms with Crippen molar-refractivity contribution in [2.24, 2.45) is 0 Å². The van der Waals surface area contributed by atoms with Crippen LogP contribution in [0, 0.1) is 0 Å². The Morgan fingerprint density at radius 2 is 2.47 bits per heavy atom. The minimum atomic E-state index is -0.213. The van der Waals surface area contributed by atoms with Crippen molar-refractivity contribution >= 4 is 21.8 Å². The first-order valence-electron chi connectivity index (χ1n) is 4.24. The molecule has 1 rings (SSSR count). The van der Waals surface area contributed by atoms with Crippen molar-refractivity contribution in [1.82, 2.24) is 10.3 Å². The van der Waals surface area contributed by atoms with E-state index < -0.39 is 0 Å². The number of aromatic nitrogens is 1. The SMILES string of the molecule is C=C(Br)CNC(=O)c1ccncc1OC. The zero-order valence-electron chi connectivity index (χ0n) is 8.29. The summed E-state index contributed by atoms with van der Waals surface area (Å²) in [6.45, 7) is 4.00. The molecule has 1 heterocycles. The second-order valence-electron chi connectivity index (χ2n) is 2.78. The van der Waals surface area contributed by atoms with Gasteiger partial charge in [-0.1, -0.05) is 22.5 Å². The van der Waals surface area contributed by atoms with Crippen LogP contribution in [0.25, 0.3) is 0 Å². The van der Waals surface area contributed by atoms with Gasteiger partial charge < -0.3 is 10.1 Å². The Morgan fingerprint density at radius 1 is 1.73 bits per heavy atom. The maximum atomic E-state index is 11.6. The van der Waals surface area contributed by atoms with E-state index in [-0.39, 0.29) is 5.91 Å². The largest absolute Gasteiger partial charge is 0.494 e. The molecule has 0 saturated carbocycles. The summed E-state index contributed by atoms with van der Waals surface area (Å²) in [6, 6.07) is 1.60. The van der Waals surface area contributed by atoms with E-state index in [0.717, 1.165) is 0 Å². The second-order valence-corrected chi connectivity index (χ2v) is 3.90. The molecule has 0 aliphatic carbocycles. The molecule has 0 radical (unpaired) electrons. The molecular weight excluding hydrogens is 260 g/mol. The number of methoxy groups -OCH3 is 1. The Balaban J connectivity index is 2.77. The van der Waals surface area contributed by atoms with E-state index in [1.54, 1.807) is 12.3 Å². The summed E-state index contributed by atoms with van der Waals surface area (Å²) in [7, 11) is 1.50. The molecule has 0 aliphatic heterocycles. The summed E-state index contributed by atoms with van der Waals surface area (Å²) in [5.74, 6) is 0.241. The molecule has 0 unspecified atom stereocenters. The number of hydrogen-bond donors (Lipinski definition) is 1. The third-order valence-corrected chi connectivity index (χ3v) is 1.97. The lowest BCUT2D eigenvalue weighted by molar-refractivity contribution is 0.0954. The third-order valence-electron chi connectivity index (χ3n) is 1.69. The molecule has 0 saturated heterocycles. The van der Waals surface area contributed by atoms with Crippen LogP contribution in [-0.4, -0.2) is 24.5 Å². The van der Waals surface area contributed by atoms with E-state index >= 15 is 0 Å². The minimum absolute atomic E-state index is 0.213. The summed E-state index contributed by atoms with van der Waals surface area (Å²) in [4.78, 5) is 15.5. The Morgan fingerprint density at radius 3 is 3.07 bits per heavy atom. The van der Waals surface area contributed by atoms with Gasteiger partial charge in [-0.15, -0.1) is 0 Å². The molecule has 1 aromatic rings. The number of hydrogen-bond acceptors (Lipinski definition) is 3. The number of halogens is 1. The molecule has 0 spiro atoms. The fraction of sp³-hybridized carbons (Fsp3) is 0.200. The number of carbonyl (C=O) groups excluding carboxylic acids is 1. The highest BCUT2D eigenvalue weighted by Gasteiger charge is 2.10. The lowest BCUT2D eigenvalue weighted by Gasteiger charge is -2.07. The van der Waals surface area contributed by atoms with E-state index in [1.165, 1.54) is 13.3 Å². The number of nitrogens with zero attached hydrogens (tertiary/aromatic N) is 1. The molecule has 1 aromatic heterocycles. The van der Waals surface area contributed by atoms with Crippen LogP contribution in [0.2, 0.25) is 0 Å². The Kier molecular flexibility index (Phi) is 4.30. The van der Waals surface area contributed by atoms with Crippen molar-refractivity contribution in [1.29, 1.82) is 0 Å². The molecule has 0 atom stereocenters. The van der Waals surface area contributed by atoms with Crippen LogP contribution < -0.4 is 10.1 Å². The number of carbonyl (C=O) groups is 1. The van der Waals surface area contributed by atoms with Crippen molar-refractivity contribution in [3.63, 3.8) is 0 Å². The molecular formula is C10H11BrN2O2. The molecule has 0 aliphatic rings. The van der Waals surface area contributed by atoms with Gasteiger partial charge in [0.05, 0.1) is 18.9 Å². The maximum Gasteiger partial charge on any atom is 0.255 e. The predicted octanol–water partition coefficient (Wildman–Crippen LogP) is 1.73. The topological polar surface area (TPSA) is 51.2 Å². The van der Waals surface area contributed by atoms with Crippen molar-refractivity contribution in [3.8, 4) is 5.75 Å². The minimum Gasteiger partial charge on any atom is -0.494 e. The molecule has 1 amide bonds. The second kappa shape index (κ2) is 5.50. The van der Waals surface area contributed by atoms with E-state index in [0.29, 0.717) is 22.3 Å². The average Bonchev–Trinajstić information content (AvgIpc) is 2.25. The van der Waals surface area contributed by atoms with Crippen LogP contribution in [0.4, 0.5) is 0 Å². The van der Waals surface area contributed by atoms with Gasteiger partial charge in [-0.3, -0.25) is 9.78 Å². The monoisotopic (exact) mass is 270 g/mol. The highest BCUT2D eigenvalue weighted by Crippen LogP contribution is 2.15. The van der Waals surface area contributed by atoms with Gasteiger partial charge in [0.15, 0.2) is 0 Å². The van der Waals surface area contributed by atoms with Crippen LogP contribution in [0.15, 0.2) is 29.5 Å². The smallest absolute Gasteiger partial charge is 0.255 e. The fourth-order valence-corrected chi connectivity index (χ4v) is 1.14. The summed E-state index contributed by atoms with van der Waals surface area (Å²) < 4.78 is 5.73. The predicted molar refractivity (Wildman–Crippen MR) is 61.2 cm³/mol. The molecule has 0 bridgehead atoms. The first-order chi connectivity index (χ1) is 7.15. The van der Waals surface area contributed by atoms with Gasteiger partial charge in [-0.05, 0) is 6.07 Å². The van der Waals surface area contributed by atoms with Crippen molar-refractivity contribution in [2.75, 3.05) is 13.7 Å². The lowest BCUT2D eigenvalue weighted by atomic mass is 10.2. The zero-order valence-corrected chi connectivity index (χ0v) is 9.87. The van der Waals surface area contributed by atoms with Crippen LogP contribution in [0.3, 0.4) is 0 Å². The Hall–Kier alpha value is -1.36. The van der Waals surface area contributed by atoms with Gasteiger partial charge >= 0.3 is 0 Å². The molecule has 1 N–H and O–H groups in total. The molecule has 4 nitrogen and oxygen atoms in total. The standard InChI is InChI=1S/C10H11BrN2O2/c1-7(11)5-13-10(14)8-3-4-12-6-9(8)15-2/h3-4,6H,1,5H2,2H3,(H,13,14). The van der Waals surface area contributed by atoms with E-state index in [1.807, 2.05) is 0 Å². The molecule has 80 valence electrons. The van der Waals surface area contributed by atoms with Gasteiger partial charge in [0, 0.05) is 17.2 Å². The average molecular weight is 271 g/mol. The summed E-state index contributed by atoms with van der Waals surface area (Å²) in [5.41, 5.74) is 0.459. The number of amides is 1. The van der Waals surface area contributed by atoms with Gasteiger partial charge in [0.2, 0.25) is 0 Å². The van der Waals surface area contributed by atoms with Crippen LogP contribution in [-0.2, 0) is 0 Å². The molecule has 0 fully saturated rings. The first kappa shape index (κ1) is 11.7. The van der Waals surface area contributed by atoms with Crippen molar-refractivity contribution in [3.05, 3.63) is 35.1 Å². The normalized spacial score (nSPS) is 9.47. The van der Waals surface area contributed by atoms with Crippen molar-refractivity contribution < 1.29 is 9.53 Å². The number of pyridine rings is 1. The quantitative estimate of drug-likeness (QED) is 0.907. The Labute approximate surface area is 96.5 Å². The summed E-state index contributed by atoms with van der Waals surface area (Å²) >= 11 is 3.16. The fourth-order valence-electron chi connectivity index (χ4n) is 1.00.